The number of aromatic amines is 1. The van der Waals surface area contributed by atoms with Crippen LogP contribution in [0.3, 0.4) is 0 Å². The predicted molar refractivity (Wildman–Crippen MR) is 69.1 cm³/mol. The molecule has 1 aromatic carbocycles. The summed E-state index contributed by atoms with van der Waals surface area (Å²) in [6.07, 6.45) is -4.77. The standard InChI is InChI=1S/C10H7BrF3N3O2S/c11-6-3-5(1-2-7(6)19-10(12,13)14)17-8(4-18)15-16-9(17)20/h1-3,18H,4H2,(H,16,20). The van der Waals surface area contributed by atoms with Gasteiger partial charge in [0.2, 0.25) is 0 Å². The highest BCUT2D eigenvalue weighted by molar-refractivity contribution is 9.10. The van der Waals surface area contributed by atoms with Crippen molar-refractivity contribution in [3.63, 3.8) is 0 Å². The summed E-state index contributed by atoms with van der Waals surface area (Å²) in [5, 5.41) is 15.4. The number of hydrogen-bond acceptors (Lipinski definition) is 4. The van der Waals surface area contributed by atoms with E-state index in [-0.39, 0.29) is 27.4 Å². The van der Waals surface area contributed by atoms with E-state index in [0.717, 1.165) is 6.07 Å². The molecule has 1 aromatic heterocycles. The van der Waals surface area contributed by atoms with Crippen LogP contribution < -0.4 is 4.74 Å². The smallest absolute Gasteiger partial charge is 0.405 e. The maximum atomic E-state index is 12.2. The Bertz CT molecular complexity index is 683. The number of hydrogen-bond donors (Lipinski definition) is 2. The normalized spacial score (nSPS) is 11.7. The summed E-state index contributed by atoms with van der Waals surface area (Å²) in [7, 11) is 0. The molecule has 0 aliphatic rings. The van der Waals surface area contributed by atoms with Gasteiger partial charge in [0, 0.05) is 0 Å². The van der Waals surface area contributed by atoms with Crippen LogP contribution in [0.5, 0.6) is 5.75 Å². The summed E-state index contributed by atoms with van der Waals surface area (Å²) in [6.45, 7) is -0.369. The number of nitrogens with one attached hydrogen (secondary N) is 1. The highest BCUT2D eigenvalue weighted by atomic mass is 79.9. The van der Waals surface area contributed by atoms with Crippen molar-refractivity contribution >= 4 is 28.1 Å². The molecule has 2 N–H and O–H groups in total. The molecule has 108 valence electrons. The van der Waals surface area contributed by atoms with Gasteiger partial charge in [-0.3, -0.25) is 9.67 Å². The molecule has 0 spiro atoms. The van der Waals surface area contributed by atoms with Crippen molar-refractivity contribution in [1.82, 2.24) is 14.8 Å². The van der Waals surface area contributed by atoms with Crippen LogP contribution in [0.25, 0.3) is 5.69 Å². The minimum atomic E-state index is -4.77. The summed E-state index contributed by atoms with van der Waals surface area (Å²) in [5.74, 6) is -0.131. The minimum absolute atomic E-state index is 0.0966. The molecule has 0 saturated carbocycles. The molecule has 0 radical (unpaired) electrons. The zero-order valence-corrected chi connectivity index (χ0v) is 12.0. The largest absolute Gasteiger partial charge is 0.573 e. The van der Waals surface area contributed by atoms with E-state index in [0.29, 0.717) is 5.69 Å². The quantitative estimate of drug-likeness (QED) is 0.816. The fourth-order valence-corrected chi connectivity index (χ4v) is 2.24. The molecule has 0 bridgehead atoms. The van der Waals surface area contributed by atoms with E-state index < -0.39 is 6.36 Å². The fourth-order valence-electron chi connectivity index (χ4n) is 1.54. The second-order valence-electron chi connectivity index (χ2n) is 3.60. The molecule has 0 aliphatic carbocycles. The molecule has 2 aromatic rings. The van der Waals surface area contributed by atoms with Gasteiger partial charge >= 0.3 is 6.36 Å². The molecule has 0 aliphatic heterocycles. The molecule has 1 heterocycles. The van der Waals surface area contributed by atoms with E-state index in [1.807, 2.05) is 0 Å². The molecule has 0 atom stereocenters. The average Bonchev–Trinajstić information content (AvgIpc) is 2.71. The number of alkyl halides is 3. The third-order valence-electron chi connectivity index (χ3n) is 2.28. The van der Waals surface area contributed by atoms with Gasteiger partial charge in [-0.1, -0.05) is 0 Å². The van der Waals surface area contributed by atoms with Gasteiger partial charge in [0.1, 0.15) is 12.4 Å². The Morgan fingerprint density at radius 2 is 2.15 bits per heavy atom. The Morgan fingerprint density at radius 3 is 2.70 bits per heavy atom. The molecular weight excluding hydrogens is 363 g/mol. The average molecular weight is 370 g/mol. The number of aliphatic hydroxyl groups is 1. The summed E-state index contributed by atoms with van der Waals surface area (Å²) in [4.78, 5) is 0. The third kappa shape index (κ3) is 3.19. The number of aromatic nitrogens is 3. The van der Waals surface area contributed by atoms with Crippen molar-refractivity contribution in [1.29, 1.82) is 0 Å². The Balaban J connectivity index is 2.43. The lowest BCUT2D eigenvalue weighted by molar-refractivity contribution is -0.274. The van der Waals surface area contributed by atoms with Crippen molar-refractivity contribution < 1.29 is 23.0 Å². The van der Waals surface area contributed by atoms with Gasteiger partial charge in [0.15, 0.2) is 10.6 Å². The van der Waals surface area contributed by atoms with E-state index in [2.05, 4.69) is 30.9 Å². The van der Waals surface area contributed by atoms with Crippen LogP contribution in [0.1, 0.15) is 5.82 Å². The van der Waals surface area contributed by atoms with Gasteiger partial charge in [0.05, 0.1) is 10.2 Å². The lowest BCUT2D eigenvalue weighted by Gasteiger charge is -2.12. The zero-order valence-electron chi connectivity index (χ0n) is 9.61. The Labute approximate surface area is 124 Å². The Kier molecular flexibility index (Phi) is 4.16. The zero-order chi connectivity index (χ0) is 14.9. The first-order valence-corrected chi connectivity index (χ1v) is 6.35. The SMILES string of the molecule is OCc1n[nH]c(=S)n1-c1ccc(OC(F)(F)F)c(Br)c1. The van der Waals surface area contributed by atoms with Crippen LogP contribution in [-0.2, 0) is 6.61 Å². The highest BCUT2D eigenvalue weighted by Gasteiger charge is 2.32. The monoisotopic (exact) mass is 369 g/mol. The molecule has 5 nitrogen and oxygen atoms in total. The van der Waals surface area contributed by atoms with Crippen molar-refractivity contribution in [2.45, 2.75) is 13.0 Å². The van der Waals surface area contributed by atoms with Crippen molar-refractivity contribution in [3.05, 3.63) is 33.3 Å². The van der Waals surface area contributed by atoms with Gasteiger partial charge in [-0.25, -0.2) is 0 Å². The lowest BCUT2D eigenvalue weighted by atomic mass is 10.3. The molecule has 2 rings (SSSR count). The molecule has 0 saturated heterocycles. The number of nitrogens with zero attached hydrogens (tertiary/aromatic N) is 2. The minimum Gasteiger partial charge on any atom is -0.405 e. The van der Waals surface area contributed by atoms with Crippen molar-refractivity contribution in [2.75, 3.05) is 0 Å². The van der Waals surface area contributed by atoms with E-state index in [4.69, 9.17) is 17.3 Å². The van der Waals surface area contributed by atoms with Crippen LogP contribution >= 0.6 is 28.1 Å². The first-order valence-electron chi connectivity index (χ1n) is 5.14. The Morgan fingerprint density at radius 1 is 1.45 bits per heavy atom. The van der Waals surface area contributed by atoms with E-state index >= 15 is 0 Å². The van der Waals surface area contributed by atoms with Crippen LogP contribution in [-0.4, -0.2) is 26.2 Å². The van der Waals surface area contributed by atoms with Gasteiger partial charge < -0.3 is 9.84 Å². The molecule has 20 heavy (non-hydrogen) atoms. The number of ether oxygens (including phenoxy) is 1. The Hall–Kier alpha value is -1.39. The highest BCUT2D eigenvalue weighted by Crippen LogP contribution is 2.32. The number of halogens is 4. The predicted octanol–water partition coefficient (Wildman–Crippen LogP) is 3.08. The molecule has 0 amide bonds. The summed E-state index contributed by atoms with van der Waals surface area (Å²) >= 11 is 7.98. The first-order chi connectivity index (χ1) is 9.31. The number of H-pyrrole nitrogens is 1. The first kappa shape index (κ1) is 15.0. The summed E-state index contributed by atoms with van der Waals surface area (Å²) in [5.41, 5.74) is 0.439. The maximum absolute atomic E-state index is 12.2. The topological polar surface area (TPSA) is 63.1 Å². The summed E-state index contributed by atoms with van der Waals surface area (Å²) < 4.78 is 42.0. The van der Waals surface area contributed by atoms with Gasteiger partial charge in [-0.15, -0.1) is 13.2 Å². The van der Waals surface area contributed by atoms with Crippen LogP contribution in [0.4, 0.5) is 13.2 Å². The lowest BCUT2D eigenvalue weighted by Crippen LogP contribution is -2.17. The number of benzene rings is 1. The molecule has 0 fully saturated rings. The van der Waals surface area contributed by atoms with Gasteiger partial charge in [-0.2, -0.15) is 5.10 Å². The summed E-state index contributed by atoms with van der Waals surface area (Å²) in [6, 6.07) is 3.89. The van der Waals surface area contributed by atoms with Gasteiger partial charge in [-0.05, 0) is 46.3 Å². The van der Waals surface area contributed by atoms with E-state index in [1.165, 1.54) is 16.7 Å². The second-order valence-corrected chi connectivity index (χ2v) is 4.84. The number of rotatable bonds is 3. The second kappa shape index (κ2) is 5.54. The molecule has 10 heteroatoms. The van der Waals surface area contributed by atoms with Crippen molar-refractivity contribution in [3.8, 4) is 11.4 Å². The van der Waals surface area contributed by atoms with Gasteiger partial charge in [0.25, 0.3) is 0 Å². The van der Waals surface area contributed by atoms with E-state index in [9.17, 15) is 13.2 Å². The van der Waals surface area contributed by atoms with Crippen LogP contribution in [0.15, 0.2) is 22.7 Å². The van der Waals surface area contributed by atoms with Crippen molar-refractivity contribution in [2.24, 2.45) is 0 Å². The molecule has 0 unspecified atom stereocenters. The third-order valence-corrected chi connectivity index (χ3v) is 3.18. The van der Waals surface area contributed by atoms with Crippen LogP contribution in [0, 0.1) is 4.77 Å². The number of aliphatic hydroxyl groups excluding tert-OH is 1. The maximum Gasteiger partial charge on any atom is 0.573 e. The fraction of sp³-hybridized carbons (Fsp3) is 0.200. The van der Waals surface area contributed by atoms with Crippen LogP contribution in [0.2, 0.25) is 0 Å². The molecular formula is C10H7BrF3N3O2S. The van der Waals surface area contributed by atoms with E-state index in [1.54, 1.807) is 0 Å².